The number of hydrogen-bond acceptors (Lipinski definition) is 4. The van der Waals surface area contributed by atoms with Crippen LogP contribution in [-0.2, 0) is 4.79 Å². The molecule has 1 amide bonds. The van der Waals surface area contributed by atoms with Crippen molar-refractivity contribution in [3.8, 4) is 12.3 Å². The van der Waals surface area contributed by atoms with Gasteiger partial charge in [0.2, 0.25) is 0 Å². The largest absolute Gasteiger partial charge is 0.378 e. The number of nitrogens with zero attached hydrogens (tertiary/aromatic N) is 2. The topological polar surface area (TPSA) is 74.0 Å². The minimum atomic E-state index is -1.14. The van der Waals surface area contributed by atoms with Gasteiger partial charge in [-0.15, -0.1) is 12.3 Å². The summed E-state index contributed by atoms with van der Waals surface area (Å²) >= 11 is 0. The molecule has 1 saturated carbocycles. The molecule has 3 rings (SSSR count). The highest BCUT2D eigenvalue weighted by molar-refractivity contribution is 5.81. The zero-order chi connectivity index (χ0) is 16.3. The van der Waals surface area contributed by atoms with Crippen molar-refractivity contribution in [2.75, 3.05) is 6.54 Å². The number of aliphatic hydroxyl groups is 1. The van der Waals surface area contributed by atoms with Gasteiger partial charge in [0.1, 0.15) is 0 Å². The third kappa shape index (κ3) is 3.96. The Bertz CT molecular complexity index is 635. The van der Waals surface area contributed by atoms with E-state index in [9.17, 15) is 9.90 Å². The Labute approximate surface area is 136 Å². The number of benzene rings is 1. The first-order chi connectivity index (χ1) is 11.1. The molecular weight excluding hydrogens is 290 g/mol. The summed E-state index contributed by atoms with van der Waals surface area (Å²) in [4.78, 5) is 12.0. The fourth-order valence-corrected chi connectivity index (χ4v) is 2.67. The first-order valence-corrected chi connectivity index (χ1v) is 8.07. The van der Waals surface area contributed by atoms with Crippen molar-refractivity contribution in [1.29, 1.82) is 0 Å². The number of amides is 1. The molecule has 0 spiro atoms. The van der Waals surface area contributed by atoms with Gasteiger partial charge >= 0.3 is 0 Å². The van der Waals surface area contributed by atoms with E-state index in [2.05, 4.69) is 21.5 Å². The van der Waals surface area contributed by atoms with Crippen LogP contribution in [0.25, 0.3) is 0 Å². The van der Waals surface area contributed by atoms with Crippen LogP contribution in [0.1, 0.15) is 55.3 Å². The fourth-order valence-electron chi connectivity index (χ4n) is 2.67. The first-order valence-electron chi connectivity index (χ1n) is 8.07. The Hall–Kier alpha value is -2.19. The van der Waals surface area contributed by atoms with E-state index in [-0.39, 0.29) is 0 Å². The van der Waals surface area contributed by atoms with Crippen molar-refractivity contribution in [2.45, 2.75) is 49.8 Å². The van der Waals surface area contributed by atoms with Crippen LogP contribution in [0.3, 0.4) is 0 Å². The van der Waals surface area contributed by atoms with Gasteiger partial charge in [0.25, 0.3) is 5.91 Å². The summed E-state index contributed by atoms with van der Waals surface area (Å²) in [5.74, 6) is 2.85. The minimum absolute atomic E-state index is 0.392. The van der Waals surface area contributed by atoms with E-state index in [0.717, 1.165) is 0 Å². The number of aliphatic hydroxyl groups excluding tert-OH is 1. The second kappa shape index (κ2) is 6.51. The van der Waals surface area contributed by atoms with Crippen LogP contribution in [0.5, 0.6) is 0 Å². The number of carbonyl (C=O) groups is 1. The van der Waals surface area contributed by atoms with E-state index in [1.807, 2.05) is 24.3 Å². The molecule has 2 N–H and O–H groups in total. The molecular formula is C18H21N3O2. The van der Waals surface area contributed by atoms with E-state index >= 15 is 0 Å². The Morgan fingerprint density at radius 3 is 2.61 bits per heavy atom. The lowest BCUT2D eigenvalue weighted by atomic mass is 10.0. The van der Waals surface area contributed by atoms with Crippen molar-refractivity contribution in [3.05, 3.63) is 35.4 Å². The molecule has 1 heterocycles. The zero-order valence-electron chi connectivity index (χ0n) is 13.0. The smallest absolute Gasteiger partial charge is 0.253 e. The Morgan fingerprint density at radius 1 is 1.35 bits per heavy atom. The third-order valence-electron chi connectivity index (χ3n) is 4.43. The summed E-state index contributed by atoms with van der Waals surface area (Å²) in [6.07, 6.45) is 8.53. The molecule has 0 aromatic heterocycles. The number of nitrogens with one attached hydrogen (secondary N) is 1. The van der Waals surface area contributed by atoms with Crippen molar-refractivity contribution in [2.24, 2.45) is 10.2 Å². The van der Waals surface area contributed by atoms with Gasteiger partial charge in [-0.2, -0.15) is 10.2 Å². The summed E-state index contributed by atoms with van der Waals surface area (Å²) in [6, 6.07) is 7.66. The quantitative estimate of drug-likeness (QED) is 0.724. The second-order valence-corrected chi connectivity index (χ2v) is 6.27. The predicted molar refractivity (Wildman–Crippen MR) is 86.7 cm³/mol. The van der Waals surface area contributed by atoms with Gasteiger partial charge in [-0.05, 0) is 29.9 Å². The standard InChI is InChI=1S/C18H21N3O2/c1-2-3-10-18(20-21-18)11-12-19-17(23)16(22)15-8-6-14(7-9-15)13-4-5-13/h1,6-9,13,16,22H,3-5,10-12H2,(H,19,23). The second-order valence-electron chi connectivity index (χ2n) is 6.27. The minimum Gasteiger partial charge on any atom is -0.378 e. The summed E-state index contributed by atoms with van der Waals surface area (Å²) in [6.45, 7) is 0.424. The molecule has 1 aliphatic heterocycles. The van der Waals surface area contributed by atoms with E-state index in [1.165, 1.54) is 18.4 Å². The summed E-state index contributed by atoms with van der Waals surface area (Å²) < 4.78 is 0. The molecule has 2 aliphatic rings. The molecule has 1 aromatic rings. The van der Waals surface area contributed by atoms with Gasteiger partial charge in [0.15, 0.2) is 11.8 Å². The maximum Gasteiger partial charge on any atom is 0.253 e. The van der Waals surface area contributed by atoms with Crippen LogP contribution in [-0.4, -0.2) is 23.2 Å². The number of hydrogen-bond donors (Lipinski definition) is 2. The molecule has 1 atom stereocenters. The number of carbonyl (C=O) groups excluding carboxylic acids is 1. The average molecular weight is 311 g/mol. The molecule has 0 radical (unpaired) electrons. The molecule has 1 fully saturated rings. The van der Waals surface area contributed by atoms with E-state index in [1.54, 1.807) is 0 Å². The highest BCUT2D eigenvalue weighted by Gasteiger charge is 2.38. The van der Waals surface area contributed by atoms with Gasteiger partial charge < -0.3 is 10.4 Å². The normalized spacial score (nSPS) is 19.0. The van der Waals surface area contributed by atoms with Crippen LogP contribution < -0.4 is 5.32 Å². The molecule has 23 heavy (non-hydrogen) atoms. The third-order valence-corrected chi connectivity index (χ3v) is 4.43. The number of terminal acetylenes is 1. The van der Waals surface area contributed by atoms with Crippen molar-refractivity contribution in [3.63, 3.8) is 0 Å². The average Bonchev–Trinajstić information content (AvgIpc) is 3.47. The maximum absolute atomic E-state index is 12.0. The Balaban J connectivity index is 1.45. The van der Waals surface area contributed by atoms with E-state index < -0.39 is 17.7 Å². The Kier molecular flexibility index (Phi) is 4.44. The van der Waals surface area contributed by atoms with Crippen molar-refractivity contribution in [1.82, 2.24) is 5.32 Å². The molecule has 120 valence electrons. The van der Waals surface area contributed by atoms with Crippen LogP contribution in [0.2, 0.25) is 0 Å². The molecule has 1 aliphatic carbocycles. The molecule has 0 saturated heterocycles. The summed E-state index contributed by atoms with van der Waals surface area (Å²) in [5.41, 5.74) is 1.50. The van der Waals surface area contributed by atoms with Crippen molar-refractivity contribution < 1.29 is 9.90 Å². The predicted octanol–water partition coefficient (Wildman–Crippen LogP) is 2.68. The summed E-state index contributed by atoms with van der Waals surface area (Å²) in [5, 5.41) is 20.9. The van der Waals surface area contributed by atoms with Crippen LogP contribution in [0.15, 0.2) is 34.5 Å². The first kappa shape index (κ1) is 15.7. The highest BCUT2D eigenvalue weighted by atomic mass is 16.3. The van der Waals surface area contributed by atoms with Gasteiger partial charge in [-0.3, -0.25) is 4.79 Å². The van der Waals surface area contributed by atoms with Crippen molar-refractivity contribution >= 4 is 5.91 Å². The monoisotopic (exact) mass is 311 g/mol. The molecule has 1 unspecified atom stereocenters. The molecule has 5 heteroatoms. The summed E-state index contributed by atoms with van der Waals surface area (Å²) in [7, 11) is 0. The maximum atomic E-state index is 12.0. The lowest BCUT2D eigenvalue weighted by Gasteiger charge is -2.14. The zero-order valence-corrected chi connectivity index (χ0v) is 13.0. The van der Waals surface area contributed by atoms with Gasteiger partial charge in [-0.25, -0.2) is 0 Å². The lowest BCUT2D eigenvalue weighted by molar-refractivity contribution is -0.129. The van der Waals surface area contributed by atoms with Gasteiger partial charge in [-0.1, -0.05) is 24.3 Å². The van der Waals surface area contributed by atoms with Crippen LogP contribution in [0, 0.1) is 12.3 Å². The van der Waals surface area contributed by atoms with E-state index in [0.29, 0.717) is 37.3 Å². The van der Waals surface area contributed by atoms with E-state index in [4.69, 9.17) is 6.42 Å². The fraction of sp³-hybridized carbons (Fsp3) is 0.500. The van der Waals surface area contributed by atoms with Gasteiger partial charge in [0, 0.05) is 25.8 Å². The lowest BCUT2D eigenvalue weighted by Crippen LogP contribution is -2.32. The molecule has 1 aromatic carbocycles. The number of rotatable bonds is 8. The molecule has 5 nitrogen and oxygen atoms in total. The van der Waals surface area contributed by atoms with Crippen LogP contribution >= 0.6 is 0 Å². The molecule has 0 bridgehead atoms. The van der Waals surface area contributed by atoms with Crippen LogP contribution in [0.4, 0.5) is 0 Å². The van der Waals surface area contributed by atoms with Gasteiger partial charge in [0.05, 0.1) is 0 Å². The Morgan fingerprint density at radius 2 is 2.04 bits per heavy atom. The highest BCUT2D eigenvalue weighted by Crippen LogP contribution is 2.40. The SMILES string of the molecule is C#CCCC1(CCNC(=O)C(O)c2ccc(C3CC3)cc2)N=N1.